The highest BCUT2D eigenvalue weighted by molar-refractivity contribution is 7.89. The Bertz CT molecular complexity index is 1230. The second-order valence-electron chi connectivity index (χ2n) is 8.01. The topological polar surface area (TPSA) is 105 Å². The first-order valence-corrected chi connectivity index (χ1v) is 12.6. The Morgan fingerprint density at radius 3 is 2.76 bits per heavy atom. The molecule has 1 aromatic heterocycles. The maximum absolute atomic E-state index is 13.4. The number of piperidine rings is 1. The molecule has 33 heavy (non-hydrogen) atoms. The number of amides is 1. The normalized spacial score (nSPS) is 17.1. The number of carbonyl (C=O) groups excluding carboxylic acids is 1. The van der Waals surface area contributed by atoms with Crippen LogP contribution in [0.4, 0.5) is 0 Å². The van der Waals surface area contributed by atoms with E-state index in [4.69, 9.17) is 16.1 Å². The molecule has 0 unspecified atom stereocenters. The van der Waals surface area contributed by atoms with Gasteiger partial charge in [0.15, 0.2) is 0 Å². The standard InChI is InChI=1S/C23H25ClN4O4S/c1-16-26-22(27-32-16)18-9-10-20(24)21(14-18)33(30,31)28-13-5-8-19(15-28)23(29)25-12-11-17-6-3-2-4-7-17/h2-4,6-7,9-10,14,19H,5,8,11-13,15H2,1H3,(H,25,29)/t19-/m1/s1. The minimum atomic E-state index is -3.91. The number of carbonyl (C=O) groups is 1. The van der Waals surface area contributed by atoms with Crippen LogP contribution < -0.4 is 5.32 Å². The molecule has 174 valence electrons. The fourth-order valence-corrected chi connectivity index (χ4v) is 5.91. The van der Waals surface area contributed by atoms with Crippen molar-refractivity contribution in [3.05, 3.63) is 65.0 Å². The molecule has 0 saturated carbocycles. The summed E-state index contributed by atoms with van der Waals surface area (Å²) in [5, 5.41) is 6.89. The van der Waals surface area contributed by atoms with Crippen LogP contribution in [0.15, 0.2) is 57.9 Å². The Morgan fingerprint density at radius 2 is 2.03 bits per heavy atom. The molecule has 1 aliphatic heterocycles. The maximum Gasteiger partial charge on any atom is 0.244 e. The number of nitrogens with one attached hydrogen (secondary N) is 1. The smallest absolute Gasteiger partial charge is 0.244 e. The minimum Gasteiger partial charge on any atom is -0.355 e. The molecule has 1 fully saturated rings. The van der Waals surface area contributed by atoms with Gasteiger partial charge in [0.25, 0.3) is 0 Å². The van der Waals surface area contributed by atoms with Gasteiger partial charge in [0, 0.05) is 32.1 Å². The molecule has 8 nitrogen and oxygen atoms in total. The molecule has 1 amide bonds. The molecule has 1 saturated heterocycles. The molecular formula is C23H25ClN4O4S. The number of hydrogen-bond donors (Lipinski definition) is 1. The summed E-state index contributed by atoms with van der Waals surface area (Å²) in [6.07, 6.45) is 1.95. The van der Waals surface area contributed by atoms with E-state index >= 15 is 0 Å². The quantitative estimate of drug-likeness (QED) is 0.546. The van der Waals surface area contributed by atoms with Crippen molar-refractivity contribution < 1.29 is 17.7 Å². The Labute approximate surface area is 198 Å². The molecular weight excluding hydrogens is 464 g/mol. The van der Waals surface area contributed by atoms with Crippen LogP contribution >= 0.6 is 11.6 Å². The van der Waals surface area contributed by atoms with Crippen LogP contribution in [0.3, 0.4) is 0 Å². The molecule has 3 aromatic rings. The zero-order chi connectivity index (χ0) is 23.4. The molecule has 0 radical (unpaired) electrons. The Balaban J connectivity index is 1.45. The summed E-state index contributed by atoms with van der Waals surface area (Å²) in [7, 11) is -3.91. The number of aryl methyl sites for hydroxylation is 1. The van der Waals surface area contributed by atoms with Gasteiger partial charge in [-0.05, 0) is 43.0 Å². The predicted octanol–water partition coefficient (Wildman–Crippen LogP) is 3.46. The predicted molar refractivity (Wildman–Crippen MR) is 124 cm³/mol. The lowest BCUT2D eigenvalue weighted by molar-refractivity contribution is -0.126. The largest absolute Gasteiger partial charge is 0.355 e. The van der Waals surface area contributed by atoms with Crippen molar-refractivity contribution in [3.8, 4) is 11.4 Å². The fraction of sp³-hybridized carbons (Fsp3) is 0.348. The van der Waals surface area contributed by atoms with Crippen molar-refractivity contribution in [1.82, 2.24) is 19.8 Å². The molecule has 1 atom stereocenters. The van der Waals surface area contributed by atoms with Crippen LogP contribution in [0.2, 0.25) is 5.02 Å². The lowest BCUT2D eigenvalue weighted by Gasteiger charge is -2.31. The summed E-state index contributed by atoms with van der Waals surface area (Å²) in [5.74, 6) is 0.121. The lowest BCUT2D eigenvalue weighted by Crippen LogP contribution is -2.45. The summed E-state index contributed by atoms with van der Waals surface area (Å²) in [4.78, 5) is 16.8. The van der Waals surface area contributed by atoms with Gasteiger partial charge in [-0.25, -0.2) is 8.42 Å². The first-order chi connectivity index (χ1) is 15.8. The summed E-state index contributed by atoms with van der Waals surface area (Å²) < 4.78 is 33.2. The Hall–Kier alpha value is -2.75. The van der Waals surface area contributed by atoms with E-state index in [1.54, 1.807) is 13.0 Å². The minimum absolute atomic E-state index is 0.0331. The van der Waals surface area contributed by atoms with E-state index < -0.39 is 15.9 Å². The van der Waals surface area contributed by atoms with Crippen LogP contribution in [0.25, 0.3) is 11.4 Å². The van der Waals surface area contributed by atoms with E-state index in [2.05, 4.69) is 15.5 Å². The van der Waals surface area contributed by atoms with Crippen molar-refractivity contribution in [3.63, 3.8) is 0 Å². The van der Waals surface area contributed by atoms with Gasteiger partial charge in [0.05, 0.1) is 10.9 Å². The van der Waals surface area contributed by atoms with Gasteiger partial charge in [-0.1, -0.05) is 47.1 Å². The maximum atomic E-state index is 13.4. The number of sulfonamides is 1. The van der Waals surface area contributed by atoms with Crippen LogP contribution in [0.1, 0.15) is 24.3 Å². The average Bonchev–Trinajstić information content (AvgIpc) is 3.26. The number of aromatic nitrogens is 2. The second kappa shape index (κ2) is 10.0. The number of benzene rings is 2. The average molecular weight is 489 g/mol. The van der Waals surface area contributed by atoms with Gasteiger partial charge in [0.1, 0.15) is 4.90 Å². The van der Waals surface area contributed by atoms with Crippen LogP contribution in [0, 0.1) is 12.8 Å². The zero-order valence-electron chi connectivity index (χ0n) is 18.2. The van der Waals surface area contributed by atoms with Gasteiger partial charge >= 0.3 is 0 Å². The molecule has 0 spiro atoms. The third-order valence-electron chi connectivity index (χ3n) is 5.65. The van der Waals surface area contributed by atoms with Gasteiger partial charge in [-0.15, -0.1) is 0 Å². The summed E-state index contributed by atoms with van der Waals surface area (Å²) in [6, 6.07) is 14.5. The van der Waals surface area contributed by atoms with E-state index in [1.165, 1.54) is 16.4 Å². The molecule has 0 aliphatic carbocycles. The van der Waals surface area contributed by atoms with Crippen molar-refractivity contribution >= 4 is 27.5 Å². The summed E-state index contributed by atoms with van der Waals surface area (Å²) in [6.45, 7) is 2.60. The Morgan fingerprint density at radius 1 is 1.24 bits per heavy atom. The van der Waals surface area contributed by atoms with Gasteiger partial charge < -0.3 is 9.84 Å². The van der Waals surface area contributed by atoms with E-state index in [0.29, 0.717) is 37.4 Å². The summed E-state index contributed by atoms with van der Waals surface area (Å²) >= 11 is 6.27. The first-order valence-electron chi connectivity index (χ1n) is 10.8. The van der Waals surface area contributed by atoms with E-state index in [1.807, 2.05) is 30.3 Å². The van der Waals surface area contributed by atoms with Crippen molar-refractivity contribution in [2.75, 3.05) is 19.6 Å². The van der Waals surface area contributed by atoms with Gasteiger partial charge in [0.2, 0.25) is 27.6 Å². The third kappa shape index (κ3) is 5.43. The highest BCUT2D eigenvalue weighted by atomic mass is 35.5. The lowest BCUT2D eigenvalue weighted by atomic mass is 9.99. The number of nitrogens with zero attached hydrogens (tertiary/aromatic N) is 3. The number of halogens is 1. The molecule has 2 aromatic carbocycles. The zero-order valence-corrected chi connectivity index (χ0v) is 19.8. The molecule has 2 heterocycles. The molecule has 0 bridgehead atoms. The van der Waals surface area contributed by atoms with Crippen LogP contribution in [-0.4, -0.2) is 48.4 Å². The van der Waals surface area contributed by atoms with E-state index in [-0.39, 0.29) is 28.2 Å². The van der Waals surface area contributed by atoms with Gasteiger partial charge in [-0.2, -0.15) is 9.29 Å². The fourth-order valence-electron chi connectivity index (χ4n) is 3.89. The monoisotopic (exact) mass is 488 g/mol. The van der Waals surface area contributed by atoms with E-state index in [9.17, 15) is 13.2 Å². The van der Waals surface area contributed by atoms with Crippen LogP contribution in [0.5, 0.6) is 0 Å². The highest BCUT2D eigenvalue weighted by Crippen LogP contribution is 2.31. The van der Waals surface area contributed by atoms with Crippen molar-refractivity contribution in [2.24, 2.45) is 5.92 Å². The molecule has 1 N–H and O–H groups in total. The molecule has 1 aliphatic rings. The highest BCUT2D eigenvalue weighted by Gasteiger charge is 2.34. The molecule has 10 heteroatoms. The second-order valence-corrected chi connectivity index (χ2v) is 10.3. The third-order valence-corrected chi connectivity index (χ3v) is 7.99. The first kappa shape index (κ1) is 23.4. The van der Waals surface area contributed by atoms with Crippen molar-refractivity contribution in [1.29, 1.82) is 0 Å². The van der Waals surface area contributed by atoms with Crippen molar-refractivity contribution in [2.45, 2.75) is 31.1 Å². The van der Waals surface area contributed by atoms with E-state index in [0.717, 1.165) is 12.0 Å². The number of rotatable bonds is 7. The SMILES string of the molecule is Cc1nc(-c2ccc(Cl)c(S(=O)(=O)N3CCC[C@@H](C(=O)NCCc4ccccc4)C3)c2)no1. The summed E-state index contributed by atoms with van der Waals surface area (Å²) in [5.41, 5.74) is 1.62. The van der Waals surface area contributed by atoms with Crippen LogP contribution in [-0.2, 0) is 21.2 Å². The van der Waals surface area contributed by atoms with Gasteiger partial charge in [-0.3, -0.25) is 4.79 Å². The number of hydrogen-bond acceptors (Lipinski definition) is 6. The molecule has 4 rings (SSSR count). The Kier molecular flexibility index (Phi) is 7.11.